The number of nitrogens with zero attached hydrogens (tertiary/aromatic N) is 1. The van der Waals surface area contributed by atoms with Crippen molar-refractivity contribution in [3.05, 3.63) is 47.5 Å². The molecule has 1 amide bonds. The van der Waals surface area contributed by atoms with E-state index in [1.54, 1.807) is 46.6 Å². The molecule has 1 aliphatic heterocycles. The Morgan fingerprint density at radius 1 is 0.889 bits per heavy atom. The predicted molar refractivity (Wildman–Crippen MR) is 102 cm³/mol. The monoisotopic (exact) mass is 371 g/mol. The van der Waals surface area contributed by atoms with Crippen LogP contribution in [-0.4, -0.2) is 45.8 Å². The highest BCUT2D eigenvalue weighted by Gasteiger charge is 2.32. The highest BCUT2D eigenvalue weighted by molar-refractivity contribution is 5.97. The molecule has 1 unspecified atom stereocenters. The zero-order valence-corrected chi connectivity index (χ0v) is 16.2. The summed E-state index contributed by atoms with van der Waals surface area (Å²) in [6, 6.07) is 11.1. The summed E-state index contributed by atoms with van der Waals surface area (Å²) in [4.78, 5) is 15.1. The first-order chi connectivity index (χ1) is 13.1. The number of carbonyl (C=O) groups excluding carboxylic acids is 1. The molecule has 0 aromatic heterocycles. The minimum Gasteiger partial charge on any atom is -0.497 e. The fraction of sp³-hybridized carbons (Fsp3) is 0.381. The van der Waals surface area contributed by atoms with Gasteiger partial charge in [-0.2, -0.15) is 0 Å². The van der Waals surface area contributed by atoms with Gasteiger partial charge in [-0.1, -0.05) is 6.07 Å². The van der Waals surface area contributed by atoms with Gasteiger partial charge in [-0.3, -0.25) is 4.79 Å². The van der Waals surface area contributed by atoms with Gasteiger partial charge in [-0.05, 0) is 42.7 Å². The number of hydrogen-bond acceptors (Lipinski definition) is 5. The Labute approximate surface area is 159 Å². The average Bonchev–Trinajstić information content (AvgIpc) is 3.22. The number of rotatable bonds is 6. The molecule has 1 saturated heterocycles. The van der Waals surface area contributed by atoms with Gasteiger partial charge >= 0.3 is 0 Å². The predicted octanol–water partition coefficient (Wildman–Crippen LogP) is 3.70. The van der Waals surface area contributed by atoms with Gasteiger partial charge in [0.05, 0.1) is 40.0 Å². The van der Waals surface area contributed by atoms with E-state index in [4.69, 9.17) is 18.9 Å². The van der Waals surface area contributed by atoms with E-state index in [9.17, 15) is 4.79 Å². The van der Waals surface area contributed by atoms with Crippen LogP contribution < -0.4 is 18.9 Å². The Morgan fingerprint density at radius 3 is 2.30 bits per heavy atom. The second-order valence-corrected chi connectivity index (χ2v) is 6.34. The van der Waals surface area contributed by atoms with Crippen LogP contribution >= 0.6 is 0 Å². The molecule has 6 heteroatoms. The van der Waals surface area contributed by atoms with E-state index >= 15 is 0 Å². The van der Waals surface area contributed by atoms with Gasteiger partial charge in [-0.25, -0.2) is 0 Å². The quantitative estimate of drug-likeness (QED) is 0.775. The van der Waals surface area contributed by atoms with Crippen LogP contribution in [0.25, 0.3) is 0 Å². The molecule has 0 radical (unpaired) electrons. The van der Waals surface area contributed by atoms with E-state index < -0.39 is 0 Å². The molecule has 0 N–H and O–H groups in total. The van der Waals surface area contributed by atoms with Crippen LogP contribution in [0.3, 0.4) is 0 Å². The SMILES string of the molecule is COc1ccc(C(=O)N2CCCC2c2ccc(OC)c(OC)c2)c(OC)c1. The van der Waals surface area contributed by atoms with Crippen LogP contribution in [0, 0.1) is 0 Å². The molecule has 3 rings (SSSR count). The van der Waals surface area contributed by atoms with Crippen LogP contribution in [-0.2, 0) is 0 Å². The first-order valence-corrected chi connectivity index (χ1v) is 8.87. The smallest absolute Gasteiger partial charge is 0.258 e. The van der Waals surface area contributed by atoms with Gasteiger partial charge in [-0.15, -0.1) is 0 Å². The van der Waals surface area contributed by atoms with E-state index in [1.807, 2.05) is 23.1 Å². The molecule has 1 aliphatic rings. The van der Waals surface area contributed by atoms with Crippen LogP contribution in [0.1, 0.15) is 34.8 Å². The van der Waals surface area contributed by atoms with Crippen molar-refractivity contribution in [2.45, 2.75) is 18.9 Å². The number of hydrogen-bond donors (Lipinski definition) is 0. The molecular weight excluding hydrogens is 346 g/mol. The Bertz CT molecular complexity index is 820. The average molecular weight is 371 g/mol. The number of amides is 1. The van der Waals surface area contributed by atoms with Crippen molar-refractivity contribution in [2.75, 3.05) is 35.0 Å². The standard InChI is InChI=1S/C21H25NO5/c1-24-15-8-9-16(19(13-15)26-3)21(23)22-11-5-6-17(22)14-7-10-18(25-2)20(12-14)27-4/h7-10,12-13,17H,5-6,11H2,1-4H3. The number of ether oxygens (including phenoxy) is 4. The van der Waals surface area contributed by atoms with Crippen LogP contribution in [0.2, 0.25) is 0 Å². The highest BCUT2D eigenvalue weighted by atomic mass is 16.5. The summed E-state index contributed by atoms with van der Waals surface area (Å²) in [6.07, 6.45) is 1.85. The Morgan fingerprint density at radius 2 is 1.63 bits per heavy atom. The van der Waals surface area contributed by atoms with Crippen molar-refractivity contribution < 1.29 is 23.7 Å². The molecule has 6 nitrogen and oxygen atoms in total. The second kappa shape index (κ2) is 8.20. The first kappa shape index (κ1) is 18.9. The fourth-order valence-electron chi connectivity index (χ4n) is 3.55. The molecule has 2 aromatic rings. The lowest BCUT2D eigenvalue weighted by atomic mass is 10.0. The van der Waals surface area contributed by atoms with Gasteiger partial charge in [0, 0.05) is 12.6 Å². The molecule has 1 fully saturated rings. The summed E-state index contributed by atoms with van der Waals surface area (Å²) in [5, 5.41) is 0. The molecule has 0 bridgehead atoms. The van der Waals surface area contributed by atoms with Crippen molar-refractivity contribution in [1.82, 2.24) is 4.90 Å². The maximum atomic E-state index is 13.2. The summed E-state index contributed by atoms with van der Waals surface area (Å²) >= 11 is 0. The third-order valence-electron chi connectivity index (χ3n) is 4.95. The van der Waals surface area contributed by atoms with E-state index in [1.165, 1.54) is 0 Å². The van der Waals surface area contributed by atoms with Crippen LogP contribution in [0.15, 0.2) is 36.4 Å². The Kier molecular flexibility index (Phi) is 5.74. The molecule has 0 saturated carbocycles. The minimum absolute atomic E-state index is 0.0101. The summed E-state index contributed by atoms with van der Waals surface area (Å²) in [5.74, 6) is 2.45. The maximum absolute atomic E-state index is 13.2. The van der Waals surface area contributed by atoms with E-state index in [2.05, 4.69) is 0 Å². The third-order valence-corrected chi connectivity index (χ3v) is 4.95. The Hall–Kier alpha value is -2.89. The van der Waals surface area contributed by atoms with Gasteiger partial charge in [0.2, 0.25) is 0 Å². The van der Waals surface area contributed by atoms with Crippen molar-refractivity contribution in [3.63, 3.8) is 0 Å². The maximum Gasteiger partial charge on any atom is 0.258 e. The second-order valence-electron chi connectivity index (χ2n) is 6.34. The van der Waals surface area contributed by atoms with E-state index in [-0.39, 0.29) is 11.9 Å². The zero-order chi connectivity index (χ0) is 19.4. The van der Waals surface area contributed by atoms with Gasteiger partial charge < -0.3 is 23.8 Å². The van der Waals surface area contributed by atoms with E-state index in [0.29, 0.717) is 35.1 Å². The number of likely N-dealkylation sites (tertiary alicyclic amines) is 1. The van der Waals surface area contributed by atoms with Gasteiger partial charge in [0.15, 0.2) is 11.5 Å². The molecule has 27 heavy (non-hydrogen) atoms. The van der Waals surface area contributed by atoms with Crippen LogP contribution in [0.4, 0.5) is 0 Å². The lowest BCUT2D eigenvalue weighted by molar-refractivity contribution is 0.0732. The lowest BCUT2D eigenvalue weighted by Crippen LogP contribution is -2.30. The topological polar surface area (TPSA) is 57.2 Å². The minimum atomic E-state index is -0.0493. The summed E-state index contributed by atoms with van der Waals surface area (Å²) in [7, 11) is 6.37. The summed E-state index contributed by atoms with van der Waals surface area (Å²) in [6.45, 7) is 0.701. The highest BCUT2D eigenvalue weighted by Crippen LogP contribution is 2.38. The molecule has 1 atom stereocenters. The summed E-state index contributed by atoms with van der Waals surface area (Å²) < 4.78 is 21.4. The number of benzene rings is 2. The third kappa shape index (κ3) is 3.65. The first-order valence-electron chi connectivity index (χ1n) is 8.87. The van der Waals surface area contributed by atoms with E-state index in [0.717, 1.165) is 18.4 Å². The van der Waals surface area contributed by atoms with Crippen molar-refractivity contribution in [3.8, 4) is 23.0 Å². The number of methoxy groups -OCH3 is 4. The molecule has 2 aromatic carbocycles. The number of carbonyl (C=O) groups is 1. The summed E-state index contributed by atoms with van der Waals surface area (Å²) in [5.41, 5.74) is 1.57. The zero-order valence-electron chi connectivity index (χ0n) is 16.2. The van der Waals surface area contributed by atoms with Crippen LogP contribution in [0.5, 0.6) is 23.0 Å². The molecule has 1 heterocycles. The lowest BCUT2D eigenvalue weighted by Gasteiger charge is -2.26. The molecular formula is C21H25NO5. The Balaban J connectivity index is 1.91. The van der Waals surface area contributed by atoms with Crippen molar-refractivity contribution in [2.24, 2.45) is 0 Å². The van der Waals surface area contributed by atoms with Gasteiger partial charge in [0.1, 0.15) is 11.5 Å². The fourth-order valence-corrected chi connectivity index (χ4v) is 3.55. The van der Waals surface area contributed by atoms with Gasteiger partial charge in [0.25, 0.3) is 5.91 Å². The molecule has 0 aliphatic carbocycles. The largest absolute Gasteiger partial charge is 0.497 e. The molecule has 144 valence electrons. The van der Waals surface area contributed by atoms with Crippen molar-refractivity contribution in [1.29, 1.82) is 0 Å². The normalized spacial score (nSPS) is 16.1. The molecule has 0 spiro atoms. The van der Waals surface area contributed by atoms with Crippen molar-refractivity contribution >= 4 is 5.91 Å².